The zero-order valence-electron chi connectivity index (χ0n) is 11.1. The summed E-state index contributed by atoms with van der Waals surface area (Å²) in [5.41, 5.74) is 0.636. The number of hydrogen-bond acceptors (Lipinski definition) is 3. The Morgan fingerprint density at radius 3 is 2.86 bits per heavy atom. The summed E-state index contributed by atoms with van der Waals surface area (Å²) < 4.78 is 24.7. The van der Waals surface area contributed by atoms with E-state index >= 15 is 0 Å². The molecule has 3 rings (SSSR count). The van der Waals surface area contributed by atoms with Gasteiger partial charge in [-0.3, -0.25) is 0 Å². The SMILES string of the molecule is O=C(O)c1c(F)cccc1OCC1Cc2ccccc2O1. The van der Waals surface area contributed by atoms with Gasteiger partial charge in [-0.2, -0.15) is 0 Å². The molecule has 0 saturated heterocycles. The molecular formula is C16H13FO4. The van der Waals surface area contributed by atoms with Crippen molar-refractivity contribution in [3.8, 4) is 11.5 Å². The number of carbonyl (C=O) groups is 1. The van der Waals surface area contributed by atoms with E-state index in [9.17, 15) is 9.18 Å². The van der Waals surface area contributed by atoms with Crippen molar-refractivity contribution < 1.29 is 23.8 Å². The number of fused-ring (bicyclic) bond motifs is 1. The average molecular weight is 288 g/mol. The summed E-state index contributed by atoms with van der Waals surface area (Å²) in [7, 11) is 0. The van der Waals surface area contributed by atoms with Crippen LogP contribution in [0.1, 0.15) is 15.9 Å². The van der Waals surface area contributed by atoms with Gasteiger partial charge in [0.1, 0.15) is 35.6 Å². The van der Waals surface area contributed by atoms with Crippen LogP contribution in [0.4, 0.5) is 4.39 Å². The second-order valence-corrected chi connectivity index (χ2v) is 4.78. The molecule has 0 amide bonds. The number of ether oxygens (including phenoxy) is 2. The van der Waals surface area contributed by atoms with Crippen molar-refractivity contribution in [3.63, 3.8) is 0 Å². The first kappa shape index (κ1) is 13.4. The molecule has 108 valence electrons. The quantitative estimate of drug-likeness (QED) is 0.940. The normalized spacial score (nSPS) is 16.1. The fourth-order valence-electron chi connectivity index (χ4n) is 2.36. The number of aromatic carboxylic acids is 1. The Balaban J connectivity index is 1.70. The topological polar surface area (TPSA) is 55.8 Å². The van der Waals surface area contributed by atoms with Gasteiger partial charge in [0.25, 0.3) is 0 Å². The fourth-order valence-corrected chi connectivity index (χ4v) is 2.36. The standard InChI is InChI=1S/C16H13FO4/c17-12-5-3-7-14(15(12)16(18)19)20-9-11-8-10-4-1-2-6-13(10)21-11/h1-7,11H,8-9H2,(H,18,19). The highest BCUT2D eigenvalue weighted by atomic mass is 19.1. The lowest BCUT2D eigenvalue weighted by molar-refractivity contribution is 0.0683. The average Bonchev–Trinajstić information content (AvgIpc) is 2.87. The Morgan fingerprint density at radius 1 is 1.29 bits per heavy atom. The van der Waals surface area contributed by atoms with Gasteiger partial charge in [0.15, 0.2) is 0 Å². The Morgan fingerprint density at radius 2 is 2.10 bits per heavy atom. The first-order valence-corrected chi connectivity index (χ1v) is 6.54. The van der Waals surface area contributed by atoms with Crippen LogP contribution >= 0.6 is 0 Å². The predicted molar refractivity (Wildman–Crippen MR) is 73.4 cm³/mol. The van der Waals surface area contributed by atoms with E-state index in [2.05, 4.69) is 0 Å². The van der Waals surface area contributed by atoms with Crippen molar-refractivity contribution in [1.82, 2.24) is 0 Å². The number of halogens is 1. The van der Waals surface area contributed by atoms with Crippen LogP contribution in [-0.4, -0.2) is 23.8 Å². The zero-order chi connectivity index (χ0) is 14.8. The Kier molecular flexibility index (Phi) is 3.48. The minimum absolute atomic E-state index is 0.0158. The monoisotopic (exact) mass is 288 g/mol. The molecule has 0 radical (unpaired) electrons. The molecule has 0 aromatic heterocycles. The Hall–Kier alpha value is -2.56. The van der Waals surface area contributed by atoms with Gasteiger partial charge < -0.3 is 14.6 Å². The second kappa shape index (κ2) is 5.44. The van der Waals surface area contributed by atoms with Gasteiger partial charge in [-0.25, -0.2) is 9.18 Å². The summed E-state index contributed by atoms with van der Waals surface area (Å²) in [6.07, 6.45) is 0.487. The molecule has 0 aliphatic carbocycles. The van der Waals surface area contributed by atoms with Crippen LogP contribution in [0.25, 0.3) is 0 Å². The van der Waals surface area contributed by atoms with E-state index in [1.807, 2.05) is 24.3 Å². The van der Waals surface area contributed by atoms with Gasteiger partial charge in [0.2, 0.25) is 0 Å². The molecule has 0 bridgehead atoms. The van der Waals surface area contributed by atoms with E-state index in [1.165, 1.54) is 12.1 Å². The van der Waals surface area contributed by atoms with Crippen LogP contribution in [0.15, 0.2) is 42.5 Å². The lowest BCUT2D eigenvalue weighted by Gasteiger charge is -2.14. The summed E-state index contributed by atoms with van der Waals surface area (Å²) in [6.45, 7) is 0.165. The highest BCUT2D eigenvalue weighted by Crippen LogP contribution is 2.29. The summed E-state index contributed by atoms with van der Waals surface area (Å²) in [6, 6.07) is 11.6. The third kappa shape index (κ3) is 2.67. The number of benzene rings is 2. The minimum Gasteiger partial charge on any atom is -0.489 e. The molecule has 1 aliphatic rings. The van der Waals surface area contributed by atoms with Crippen LogP contribution < -0.4 is 9.47 Å². The van der Waals surface area contributed by atoms with E-state index in [1.54, 1.807) is 0 Å². The highest BCUT2D eigenvalue weighted by molar-refractivity contribution is 5.91. The number of carboxylic acids is 1. The van der Waals surface area contributed by atoms with Crippen LogP contribution in [0, 0.1) is 5.82 Å². The van der Waals surface area contributed by atoms with Crippen molar-refractivity contribution in [2.45, 2.75) is 12.5 Å². The molecule has 2 aromatic carbocycles. The summed E-state index contributed by atoms with van der Waals surface area (Å²) in [4.78, 5) is 11.1. The molecule has 1 N–H and O–H groups in total. The molecule has 1 atom stereocenters. The van der Waals surface area contributed by atoms with Crippen molar-refractivity contribution >= 4 is 5.97 Å². The predicted octanol–water partition coefficient (Wildman–Crippen LogP) is 2.91. The van der Waals surface area contributed by atoms with Crippen LogP contribution in [0.3, 0.4) is 0 Å². The van der Waals surface area contributed by atoms with Gasteiger partial charge in [0, 0.05) is 6.42 Å². The van der Waals surface area contributed by atoms with Crippen molar-refractivity contribution in [2.24, 2.45) is 0 Å². The number of hydrogen-bond donors (Lipinski definition) is 1. The molecule has 0 saturated carbocycles. The van der Waals surface area contributed by atoms with Gasteiger partial charge in [-0.05, 0) is 23.8 Å². The molecule has 21 heavy (non-hydrogen) atoms. The molecule has 0 spiro atoms. The largest absolute Gasteiger partial charge is 0.489 e. The van der Waals surface area contributed by atoms with E-state index in [0.717, 1.165) is 17.4 Å². The van der Waals surface area contributed by atoms with E-state index in [0.29, 0.717) is 6.42 Å². The van der Waals surface area contributed by atoms with Crippen LogP contribution in [0.2, 0.25) is 0 Å². The maximum absolute atomic E-state index is 13.5. The molecule has 1 heterocycles. The summed E-state index contributed by atoms with van der Waals surface area (Å²) in [5.74, 6) is -1.33. The molecule has 0 fully saturated rings. The van der Waals surface area contributed by atoms with E-state index in [-0.39, 0.29) is 18.5 Å². The van der Waals surface area contributed by atoms with Crippen molar-refractivity contribution in [3.05, 3.63) is 59.4 Å². The molecule has 5 heteroatoms. The van der Waals surface area contributed by atoms with Crippen LogP contribution in [-0.2, 0) is 6.42 Å². The van der Waals surface area contributed by atoms with Crippen molar-refractivity contribution in [2.75, 3.05) is 6.61 Å². The van der Waals surface area contributed by atoms with Gasteiger partial charge in [-0.1, -0.05) is 24.3 Å². The second-order valence-electron chi connectivity index (χ2n) is 4.78. The van der Waals surface area contributed by atoms with Gasteiger partial charge in [-0.15, -0.1) is 0 Å². The van der Waals surface area contributed by atoms with Crippen molar-refractivity contribution in [1.29, 1.82) is 0 Å². The molecule has 4 nitrogen and oxygen atoms in total. The first-order valence-electron chi connectivity index (χ1n) is 6.54. The van der Waals surface area contributed by atoms with Gasteiger partial charge in [0.05, 0.1) is 0 Å². The lowest BCUT2D eigenvalue weighted by atomic mass is 10.1. The number of rotatable bonds is 4. The minimum atomic E-state index is -1.35. The third-order valence-corrected chi connectivity index (χ3v) is 3.33. The summed E-state index contributed by atoms with van der Waals surface area (Å²) in [5, 5.41) is 9.03. The number of carboxylic acid groups (broad SMARTS) is 1. The maximum atomic E-state index is 13.5. The Bertz CT molecular complexity index is 659. The smallest absolute Gasteiger partial charge is 0.342 e. The van der Waals surface area contributed by atoms with E-state index in [4.69, 9.17) is 14.6 Å². The molecule has 1 unspecified atom stereocenters. The van der Waals surface area contributed by atoms with Gasteiger partial charge >= 0.3 is 5.97 Å². The molecular weight excluding hydrogens is 275 g/mol. The maximum Gasteiger partial charge on any atom is 0.342 e. The number of para-hydroxylation sites is 1. The van der Waals surface area contributed by atoms with Crippen LogP contribution in [0.5, 0.6) is 11.5 Å². The molecule has 1 aliphatic heterocycles. The fraction of sp³-hybridized carbons (Fsp3) is 0.188. The Labute approximate surface area is 120 Å². The summed E-state index contributed by atoms with van der Waals surface area (Å²) >= 11 is 0. The zero-order valence-corrected chi connectivity index (χ0v) is 11.1. The highest BCUT2D eigenvalue weighted by Gasteiger charge is 2.24. The first-order chi connectivity index (χ1) is 10.1. The lowest BCUT2D eigenvalue weighted by Crippen LogP contribution is -2.23. The molecule has 2 aromatic rings. The van der Waals surface area contributed by atoms with E-state index < -0.39 is 17.3 Å². The third-order valence-electron chi connectivity index (χ3n) is 3.33.